The third-order valence-corrected chi connectivity index (χ3v) is 7.36. The lowest BCUT2D eigenvalue weighted by molar-refractivity contribution is -0.135. The molecule has 1 aliphatic carbocycles. The van der Waals surface area contributed by atoms with Gasteiger partial charge in [0.25, 0.3) is 0 Å². The maximum atomic E-state index is 12.2. The number of carbonyl (C=O) groups excluding carboxylic acids is 1. The second kappa shape index (κ2) is 12.4. The Labute approximate surface area is 231 Å². The highest BCUT2D eigenvalue weighted by Gasteiger charge is 2.31. The SMILES string of the molecule is CCC(=C(c1ccc(OCCN(CC)CC)cc1)c1ccc(OC(=O)C2CC2)cc1)c1ccc2c(c1)OCO2. The Hall–Kier alpha value is -3.77. The van der Waals surface area contributed by atoms with Crippen molar-refractivity contribution < 1.29 is 23.7 Å². The zero-order valence-electron chi connectivity index (χ0n) is 23.1. The lowest BCUT2D eigenvalue weighted by Gasteiger charge is -2.19. The number of hydrogen-bond donors (Lipinski definition) is 0. The second-order valence-corrected chi connectivity index (χ2v) is 9.89. The maximum absolute atomic E-state index is 12.2. The summed E-state index contributed by atoms with van der Waals surface area (Å²) in [5.74, 6) is 2.89. The van der Waals surface area contributed by atoms with Crippen molar-refractivity contribution >= 4 is 17.1 Å². The molecule has 0 amide bonds. The van der Waals surface area contributed by atoms with Crippen LogP contribution in [-0.2, 0) is 4.79 Å². The molecule has 0 spiro atoms. The summed E-state index contributed by atoms with van der Waals surface area (Å²) in [6.07, 6.45) is 2.66. The molecule has 3 aromatic rings. The summed E-state index contributed by atoms with van der Waals surface area (Å²) in [6, 6.07) is 22.2. The molecule has 5 rings (SSSR count). The van der Waals surface area contributed by atoms with Crippen LogP contribution in [0.25, 0.3) is 11.1 Å². The number of esters is 1. The van der Waals surface area contributed by atoms with E-state index in [9.17, 15) is 4.79 Å². The smallest absolute Gasteiger partial charge is 0.314 e. The van der Waals surface area contributed by atoms with Gasteiger partial charge in [-0.15, -0.1) is 0 Å². The lowest BCUT2D eigenvalue weighted by atomic mass is 9.88. The molecule has 2 aliphatic rings. The molecule has 1 fully saturated rings. The van der Waals surface area contributed by atoms with E-state index in [1.165, 1.54) is 5.57 Å². The van der Waals surface area contributed by atoms with Crippen molar-refractivity contribution in [3.8, 4) is 23.0 Å². The van der Waals surface area contributed by atoms with Crippen LogP contribution in [0.3, 0.4) is 0 Å². The van der Waals surface area contributed by atoms with Crippen molar-refractivity contribution in [3.05, 3.63) is 83.4 Å². The van der Waals surface area contributed by atoms with Crippen LogP contribution in [0, 0.1) is 5.92 Å². The molecule has 0 atom stereocenters. The molecule has 204 valence electrons. The summed E-state index contributed by atoms with van der Waals surface area (Å²) in [4.78, 5) is 14.5. The van der Waals surface area contributed by atoms with Gasteiger partial charge in [-0.1, -0.05) is 51.1 Å². The monoisotopic (exact) mass is 527 g/mol. The minimum absolute atomic E-state index is 0.0607. The van der Waals surface area contributed by atoms with Crippen LogP contribution in [0.4, 0.5) is 0 Å². The van der Waals surface area contributed by atoms with Gasteiger partial charge in [0.05, 0.1) is 5.92 Å². The fraction of sp³-hybridized carbons (Fsp3) is 0.364. The molecule has 1 aliphatic heterocycles. The number of benzene rings is 3. The van der Waals surface area contributed by atoms with E-state index in [2.05, 4.69) is 49.9 Å². The second-order valence-electron chi connectivity index (χ2n) is 9.89. The molecule has 0 saturated heterocycles. The first-order valence-electron chi connectivity index (χ1n) is 14.0. The highest BCUT2D eigenvalue weighted by molar-refractivity contribution is 5.99. The average molecular weight is 528 g/mol. The van der Waals surface area contributed by atoms with Gasteiger partial charge in [-0.3, -0.25) is 4.79 Å². The molecule has 0 N–H and O–H groups in total. The first-order valence-corrected chi connectivity index (χ1v) is 14.0. The summed E-state index contributed by atoms with van der Waals surface area (Å²) >= 11 is 0. The highest BCUT2D eigenvalue weighted by Crippen LogP contribution is 2.40. The van der Waals surface area contributed by atoms with Gasteiger partial charge in [0, 0.05) is 6.54 Å². The van der Waals surface area contributed by atoms with E-state index in [4.69, 9.17) is 18.9 Å². The Morgan fingerprint density at radius 3 is 2.05 bits per heavy atom. The Bertz CT molecular complexity index is 1300. The number of carbonyl (C=O) groups is 1. The Balaban J connectivity index is 1.46. The highest BCUT2D eigenvalue weighted by atomic mass is 16.7. The first-order chi connectivity index (χ1) is 19.1. The standard InChI is InChI=1S/C33H37NO5/c1-4-29(26-13-18-30-31(21-26)38-22-37-30)32(24-11-16-28(17-12-24)39-33(35)25-7-8-25)23-9-14-27(15-10-23)36-20-19-34(5-2)6-3/h9-18,21,25H,4-8,19-20,22H2,1-3H3. The molecule has 0 radical (unpaired) electrons. The van der Waals surface area contributed by atoms with Crippen LogP contribution in [0.15, 0.2) is 66.7 Å². The molecule has 1 saturated carbocycles. The molecular weight excluding hydrogens is 490 g/mol. The van der Waals surface area contributed by atoms with E-state index in [0.29, 0.717) is 12.4 Å². The van der Waals surface area contributed by atoms with Crippen LogP contribution in [0.2, 0.25) is 0 Å². The Kier molecular flexibility index (Phi) is 8.52. The lowest BCUT2D eigenvalue weighted by Crippen LogP contribution is -2.27. The Morgan fingerprint density at radius 2 is 1.44 bits per heavy atom. The van der Waals surface area contributed by atoms with Gasteiger partial charge in [0.15, 0.2) is 11.5 Å². The zero-order valence-corrected chi connectivity index (χ0v) is 23.1. The molecule has 0 bridgehead atoms. The minimum Gasteiger partial charge on any atom is -0.492 e. The van der Waals surface area contributed by atoms with E-state index >= 15 is 0 Å². The van der Waals surface area contributed by atoms with Crippen LogP contribution >= 0.6 is 0 Å². The molecule has 6 heteroatoms. The van der Waals surface area contributed by atoms with E-state index in [-0.39, 0.29) is 18.7 Å². The van der Waals surface area contributed by atoms with Crippen molar-refractivity contribution in [1.29, 1.82) is 0 Å². The van der Waals surface area contributed by atoms with Crippen LogP contribution in [-0.4, -0.2) is 43.9 Å². The number of likely N-dealkylation sites (N-methyl/N-ethyl adjacent to an activating group) is 1. The van der Waals surface area contributed by atoms with Crippen LogP contribution in [0.1, 0.15) is 56.7 Å². The van der Waals surface area contributed by atoms with Gasteiger partial charge in [0.1, 0.15) is 18.1 Å². The molecular formula is C33H37NO5. The molecule has 39 heavy (non-hydrogen) atoms. The quantitative estimate of drug-likeness (QED) is 0.146. The van der Waals surface area contributed by atoms with Crippen LogP contribution < -0.4 is 18.9 Å². The van der Waals surface area contributed by atoms with Crippen molar-refractivity contribution in [1.82, 2.24) is 4.90 Å². The third-order valence-electron chi connectivity index (χ3n) is 7.36. The minimum atomic E-state index is -0.135. The first kappa shape index (κ1) is 26.8. The predicted octanol–water partition coefficient (Wildman–Crippen LogP) is 6.82. The molecule has 6 nitrogen and oxygen atoms in total. The van der Waals surface area contributed by atoms with Gasteiger partial charge >= 0.3 is 5.97 Å². The van der Waals surface area contributed by atoms with E-state index in [0.717, 1.165) is 78.4 Å². The summed E-state index contributed by atoms with van der Waals surface area (Å²) in [5.41, 5.74) is 5.52. The maximum Gasteiger partial charge on any atom is 0.314 e. The van der Waals surface area contributed by atoms with Gasteiger partial charge in [0.2, 0.25) is 6.79 Å². The van der Waals surface area contributed by atoms with Crippen molar-refractivity contribution in [2.24, 2.45) is 5.92 Å². The largest absolute Gasteiger partial charge is 0.492 e. The molecule has 3 aromatic carbocycles. The van der Waals surface area contributed by atoms with E-state index < -0.39 is 0 Å². The van der Waals surface area contributed by atoms with Crippen molar-refractivity contribution in [2.45, 2.75) is 40.0 Å². The number of nitrogens with zero attached hydrogens (tertiary/aromatic N) is 1. The van der Waals surface area contributed by atoms with Gasteiger partial charge in [-0.2, -0.15) is 0 Å². The van der Waals surface area contributed by atoms with Gasteiger partial charge in [-0.05, 0) is 96.6 Å². The number of fused-ring (bicyclic) bond motifs is 1. The Morgan fingerprint density at radius 1 is 0.821 bits per heavy atom. The zero-order chi connectivity index (χ0) is 27.2. The predicted molar refractivity (Wildman–Crippen MR) is 153 cm³/mol. The summed E-state index contributed by atoms with van der Waals surface area (Å²) in [7, 11) is 0. The summed E-state index contributed by atoms with van der Waals surface area (Å²) < 4.78 is 22.8. The van der Waals surface area contributed by atoms with Gasteiger partial charge < -0.3 is 23.8 Å². The molecule has 0 unspecified atom stereocenters. The van der Waals surface area contributed by atoms with Crippen molar-refractivity contribution in [2.75, 3.05) is 33.0 Å². The van der Waals surface area contributed by atoms with Crippen LogP contribution in [0.5, 0.6) is 23.0 Å². The molecule has 1 heterocycles. The van der Waals surface area contributed by atoms with Crippen molar-refractivity contribution in [3.63, 3.8) is 0 Å². The fourth-order valence-electron chi connectivity index (χ4n) is 4.88. The van der Waals surface area contributed by atoms with E-state index in [1.54, 1.807) is 0 Å². The number of ether oxygens (including phenoxy) is 4. The topological polar surface area (TPSA) is 57.2 Å². The average Bonchev–Trinajstić information content (AvgIpc) is 3.72. The summed E-state index contributed by atoms with van der Waals surface area (Å²) in [6.45, 7) is 10.3. The molecule has 0 aromatic heterocycles. The van der Waals surface area contributed by atoms with Gasteiger partial charge in [-0.25, -0.2) is 0 Å². The number of rotatable bonds is 12. The third kappa shape index (κ3) is 6.45. The summed E-state index contributed by atoms with van der Waals surface area (Å²) in [5, 5.41) is 0. The van der Waals surface area contributed by atoms with E-state index in [1.807, 2.05) is 42.5 Å². The number of hydrogen-bond acceptors (Lipinski definition) is 6. The fourth-order valence-corrected chi connectivity index (χ4v) is 4.88. The normalized spacial score (nSPS) is 14.8. The number of allylic oxidation sites excluding steroid dienone is 1.